The number of nitrogens with zero attached hydrogens (tertiary/aromatic N) is 5. The second kappa shape index (κ2) is 18.0. The molecule has 9 heteroatoms. The maximum atomic E-state index is 6.40. The molecule has 0 fully saturated rings. The average Bonchev–Trinajstić information content (AvgIpc) is 3.57. The molecule has 0 radical (unpaired) electrons. The fourth-order valence-electron chi connectivity index (χ4n) is 7.19. The summed E-state index contributed by atoms with van der Waals surface area (Å²) in [5.74, 6) is 3.27. The molecule has 4 heterocycles. The summed E-state index contributed by atoms with van der Waals surface area (Å²) in [6.45, 7) is 8.89. The SMILES string of the molecule is CC(C)c1cccc(C(C)C)c1-c1cnc(-n2c3[c-]c(Oc4[c-]c(-c5ccccn5)ccc4)ccc3c3ccc(Oc4[c-]c(-c5ccccn5)ccc4)[c-]c32)nc1.[Pd+2].[Pd+2]. The van der Waals surface area contributed by atoms with E-state index in [0.717, 1.165) is 49.9 Å². The van der Waals surface area contributed by atoms with Crippen LogP contribution in [0.15, 0.2) is 140 Å². The van der Waals surface area contributed by atoms with Gasteiger partial charge in [0.1, 0.15) is 0 Å². The van der Waals surface area contributed by atoms with Crippen molar-refractivity contribution in [1.29, 1.82) is 0 Å². The Morgan fingerprint density at radius 1 is 0.475 bits per heavy atom. The largest absolute Gasteiger partial charge is 2.00 e. The summed E-state index contributed by atoms with van der Waals surface area (Å²) < 4.78 is 14.8. The van der Waals surface area contributed by atoms with Gasteiger partial charge in [0.25, 0.3) is 0 Å². The van der Waals surface area contributed by atoms with E-state index in [0.29, 0.717) is 40.8 Å². The number of hydrogen-bond acceptors (Lipinski definition) is 6. The van der Waals surface area contributed by atoms with E-state index in [-0.39, 0.29) is 40.8 Å². The molecule has 0 aliphatic carbocycles. The predicted molar refractivity (Wildman–Crippen MR) is 225 cm³/mol. The molecule has 0 spiro atoms. The van der Waals surface area contributed by atoms with Gasteiger partial charge in [-0.1, -0.05) is 93.3 Å². The fraction of sp³-hybridized carbons (Fsp3) is 0.120. The fourth-order valence-corrected chi connectivity index (χ4v) is 7.19. The van der Waals surface area contributed by atoms with E-state index in [4.69, 9.17) is 19.4 Å². The average molecular weight is 953 g/mol. The Morgan fingerprint density at radius 3 is 1.37 bits per heavy atom. The molecule has 59 heavy (non-hydrogen) atoms. The van der Waals surface area contributed by atoms with Crippen LogP contribution < -0.4 is 9.47 Å². The maximum absolute atomic E-state index is 6.40. The van der Waals surface area contributed by atoms with Gasteiger partial charge in [-0.15, -0.1) is 71.8 Å². The number of benzene rings is 5. The molecule has 0 aliphatic rings. The zero-order valence-electron chi connectivity index (χ0n) is 32.6. The first kappa shape index (κ1) is 41.4. The minimum absolute atomic E-state index is 0. The molecule has 9 rings (SSSR count). The molecule has 0 bridgehead atoms. The van der Waals surface area contributed by atoms with Crippen LogP contribution in [-0.2, 0) is 40.8 Å². The van der Waals surface area contributed by atoms with E-state index >= 15 is 0 Å². The number of aromatic nitrogens is 5. The zero-order chi connectivity index (χ0) is 38.9. The van der Waals surface area contributed by atoms with Crippen LogP contribution in [0.5, 0.6) is 23.0 Å². The number of rotatable bonds is 10. The summed E-state index contributed by atoms with van der Waals surface area (Å²) in [5.41, 5.74) is 9.47. The van der Waals surface area contributed by atoms with E-state index in [2.05, 4.69) is 80.1 Å². The van der Waals surface area contributed by atoms with Crippen LogP contribution in [0.25, 0.3) is 61.4 Å². The summed E-state index contributed by atoms with van der Waals surface area (Å²) in [6.07, 6.45) is 7.38. The third-order valence-corrected chi connectivity index (χ3v) is 9.89. The molecule has 294 valence electrons. The normalized spacial score (nSPS) is 11.1. The number of hydrogen-bond donors (Lipinski definition) is 0. The first-order chi connectivity index (χ1) is 27.9. The van der Waals surface area contributed by atoms with Crippen LogP contribution >= 0.6 is 0 Å². The molecule has 0 amide bonds. The summed E-state index contributed by atoms with van der Waals surface area (Å²) >= 11 is 0. The van der Waals surface area contributed by atoms with Gasteiger partial charge in [-0.05, 0) is 52.0 Å². The molecule has 4 aromatic heterocycles. The molecule has 5 aromatic carbocycles. The van der Waals surface area contributed by atoms with Gasteiger partial charge in [0, 0.05) is 53.3 Å². The van der Waals surface area contributed by atoms with Gasteiger partial charge < -0.3 is 24.0 Å². The van der Waals surface area contributed by atoms with E-state index in [1.54, 1.807) is 12.4 Å². The number of pyridine rings is 2. The topological polar surface area (TPSA) is 75.0 Å². The van der Waals surface area contributed by atoms with Crippen LogP contribution in [-0.4, -0.2) is 24.5 Å². The molecule has 0 aliphatic heterocycles. The van der Waals surface area contributed by atoms with Crippen LogP contribution in [0.2, 0.25) is 0 Å². The summed E-state index contributed by atoms with van der Waals surface area (Å²) in [5, 5.41) is 1.88. The maximum Gasteiger partial charge on any atom is 2.00 e. The molecular formula is C50H37N5O2Pd2. The van der Waals surface area contributed by atoms with Crippen LogP contribution in [0, 0.1) is 24.3 Å². The van der Waals surface area contributed by atoms with Crippen LogP contribution in [0.3, 0.4) is 0 Å². The van der Waals surface area contributed by atoms with Crippen LogP contribution in [0.1, 0.15) is 50.7 Å². The van der Waals surface area contributed by atoms with E-state index < -0.39 is 0 Å². The first-order valence-electron chi connectivity index (χ1n) is 19.0. The standard InChI is InChI=1S/C50H37N5O2.2Pd/c1-32(2)41-16-11-17-42(33(3)4)49(41)36-30-53-50(54-31-36)55-47-28-39(56-37-14-9-12-34(26-37)45-18-5-7-24-51-45)20-22-43(47)44-23-21-40(29-48(44)55)57-38-15-10-13-35(27-38)46-19-6-8-25-52-46;;/h5-25,30-33H,1-4H3;;/q-4;2*+2. The van der Waals surface area contributed by atoms with Gasteiger partial charge in [-0.3, -0.25) is 0 Å². The Labute approximate surface area is 371 Å². The molecule has 9 aromatic rings. The minimum atomic E-state index is 0. The Hall–Kier alpha value is -5.80. The third kappa shape index (κ3) is 8.53. The molecule has 0 N–H and O–H groups in total. The Morgan fingerprint density at radius 2 is 0.932 bits per heavy atom. The second-order valence-corrected chi connectivity index (χ2v) is 14.4. The van der Waals surface area contributed by atoms with Gasteiger partial charge in [0.2, 0.25) is 5.95 Å². The van der Waals surface area contributed by atoms with E-state index in [1.165, 1.54) is 16.7 Å². The second-order valence-electron chi connectivity index (χ2n) is 14.4. The predicted octanol–water partition coefficient (Wildman–Crippen LogP) is 12.4. The Bertz CT molecular complexity index is 2690. The molecular weight excluding hydrogens is 915 g/mol. The van der Waals surface area contributed by atoms with Gasteiger partial charge in [0.05, 0.1) is 0 Å². The van der Waals surface area contributed by atoms with Gasteiger partial charge in [-0.2, -0.15) is 22.9 Å². The quantitative estimate of drug-likeness (QED) is 0.100. The van der Waals surface area contributed by atoms with Crippen LogP contribution in [0.4, 0.5) is 0 Å². The molecule has 0 saturated carbocycles. The smallest absolute Gasteiger partial charge is 0.503 e. The van der Waals surface area contributed by atoms with Crippen molar-refractivity contribution in [3.8, 4) is 62.6 Å². The van der Waals surface area contributed by atoms with E-state index in [1.807, 2.05) is 114 Å². The number of ether oxygens (including phenoxy) is 2. The van der Waals surface area contributed by atoms with Crippen molar-refractivity contribution < 1.29 is 50.3 Å². The Kier molecular flexibility index (Phi) is 12.6. The zero-order valence-corrected chi connectivity index (χ0v) is 35.7. The molecule has 7 nitrogen and oxygen atoms in total. The molecule has 0 atom stereocenters. The molecule has 0 saturated heterocycles. The van der Waals surface area contributed by atoms with E-state index in [9.17, 15) is 0 Å². The van der Waals surface area contributed by atoms with Crippen molar-refractivity contribution in [3.63, 3.8) is 0 Å². The summed E-state index contributed by atoms with van der Waals surface area (Å²) in [7, 11) is 0. The van der Waals surface area contributed by atoms with Crippen molar-refractivity contribution in [2.24, 2.45) is 0 Å². The van der Waals surface area contributed by atoms with Crippen molar-refractivity contribution in [2.75, 3.05) is 0 Å². The summed E-state index contributed by atoms with van der Waals surface area (Å²) in [4.78, 5) is 19.0. The van der Waals surface area contributed by atoms with Crippen molar-refractivity contribution in [2.45, 2.75) is 39.5 Å². The number of fused-ring (bicyclic) bond motifs is 3. The summed E-state index contributed by atoms with van der Waals surface area (Å²) in [6, 6.07) is 51.4. The third-order valence-electron chi connectivity index (χ3n) is 9.89. The van der Waals surface area contributed by atoms with Crippen molar-refractivity contribution >= 4 is 21.8 Å². The van der Waals surface area contributed by atoms with Crippen molar-refractivity contribution in [3.05, 3.63) is 175 Å². The first-order valence-corrected chi connectivity index (χ1v) is 19.0. The minimum Gasteiger partial charge on any atom is -0.503 e. The van der Waals surface area contributed by atoms with Gasteiger partial charge >= 0.3 is 40.8 Å². The monoisotopic (exact) mass is 951 g/mol. The Balaban J connectivity index is 0.00000264. The molecule has 0 unspecified atom stereocenters. The van der Waals surface area contributed by atoms with Gasteiger partial charge in [-0.25, -0.2) is 9.97 Å². The van der Waals surface area contributed by atoms with Crippen molar-refractivity contribution in [1.82, 2.24) is 24.5 Å². The van der Waals surface area contributed by atoms with Gasteiger partial charge in [0.15, 0.2) is 0 Å².